The van der Waals surface area contributed by atoms with Crippen molar-refractivity contribution in [2.75, 3.05) is 7.11 Å². The number of phenolic OH excluding ortho intramolecular Hbond substituents is 1. The topological polar surface area (TPSA) is 64.3 Å². The molecular weight excluding hydrogens is 432 g/mol. The SMILES string of the molecule is COc1cc(/C=C\c2nc3ccccc3c(=O)n2-c2ccc(Br)cc2)ccc1O. The van der Waals surface area contributed by atoms with Crippen LogP contribution in [0, 0.1) is 0 Å². The number of hydrogen-bond donors (Lipinski definition) is 1. The number of aromatic hydroxyl groups is 1. The van der Waals surface area contributed by atoms with Gasteiger partial charge in [-0.2, -0.15) is 0 Å². The van der Waals surface area contributed by atoms with Gasteiger partial charge in [0.05, 0.1) is 23.7 Å². The summed E-state index contributed by atoms with van der Waals surface area (Å²) in [5.41, 5.74) is 2.03. The van der Waals surface area contributed by atoms with Crippen LogP contribution in [-0.4, -0.2) is 21.8 Å². The van der Waals surface area contributed by atoms with Crippen molar-refractivity contribution in [3.8, 4) is 17.2 Å². The highest BCUT2D eigenvalue weighted by atomic mass is 79.9. The Bertz CT molecular complexity index is 1280. The fourth-order valence-electron chi connectivity index (χ4n) is 3.07. The number of hydrogen-bond acceptors (Lipinski definition) is 4. The van der Waals surface area contributed by atoms with Gasteiger partial charge < -0.3 is 9.84 Å². The van der Waals surface area contributed by atoms with Gasteiger partial charge in [0, 0.05) is 4.47 Å². The quantitative estimate of drug-likeness (QED) is 0.475. The smallest absolute Gasteiger partial charge is 0.266 e. The van der Waals surface area contributed by atoms with Crippen molar-refractivity contribution < 1.29 is 9.84 Å². The highest BCUT2D eigenvalue weighted by molar-refractivity contribution is 9.10. The summed E-state index contributed by atoms with van der Waals surface area (Å²) in [5.74, 6) is 0.951. The van der Waals surface area contributed by atoms with E-state index in [1.54, 1.807) is 34.9 Å². The number of fused-ring (bicyclic) bond motifs is 1. The molecule has 0 bridgehead atoms. The van der Waals surface area contributed by atoms with E-state index in [4.69, 9.17) is 9.72 Å². The molecule has 1 heterocycles. The molecule has 0 aliphatic heterocycles. The Morgan fingerprint density at radius 1 is 1.03 bits per heavy atom. The summed E-state index contributed by atoms with van der Waals surface area (Å²) < 4.78 is 7.67. The molecule has 1 aromatic heterocycles. The lowest BCUT2D eigenvalue weighted by molar-refractivity contribution is 0.373. The minimum absolute atomic E-state index is 0.0697. The summed E-state index contributed by atoms with van der Waals surface area (Å²) in [6.07, 6.45) is 3.61. The Morgan fingerprint density at radius 3 is 2.55 bits per heavy atom. The average Bonchev–Trinajstić information content (AvgIpc) is 2.74. The average molecular weight is 449 g/mol. The Hall–Kier alpha value is -3.38. The fraction of sp³-hybridized carbons (Fsp3) is 0.0435. The number of para-hydroxylation sites is 1. The zero-order chi connectivity index (χ0) is 20.4. The lowest BCUT2D eigenvalue weighted by Crippen LogP contribution is -2.22. The van der Waals surface area contributed by atoms with E-state index in [0.29, 0.717) is 22.5 Å². The minimum atomic E-state index is -0.138. The molecule has 3 aromatic carbocycles. The predicted molar refractivity (Wildman–Crippen MR) is 119 cm³/mol. The third kappa shape index (κ3) is 3.79. The first kappa shape index (κ1) is 19.0. The standard InChI is InChI=1S/C23H17BrN2O3/c1-29-21-14-15(6-12-20(21)27)7-13-22-25-19-5-3-2-4-18(19)23(28)26(22)17-10-8-16(24)9-11-17/h2-14,27H,1H3/b13-7-. The monoisotopic (exact) mass is 448 g/mol. The van der Waals surface area contributed by atoms with Crippen molar-refractivity contribution in [3.05, 3.63) is 92.9 Å². The highest BCUT2D eigenvalue weighted by Gasteiger charge is 2.11. The Balaban J connectivity index is 1.89. The molecule has 0 saturated heterocycles. The molecule has 0 aliphatic carbocycles. The van der Waals surface area contributed by atoms with Crippen molar-refractivity contribution >= 4 is 39.0 Å². The van der Waals surface area contributed by atoms with Crippen LogP contribution in [0.3, 0.4) is 0 Å². The molecular formula is C23H17BrN2O3. The van der Waals surface area contributed by atoms with Crippen LogP contribution >= 0.6 is 15.9 Å². The summed E-state index contributed by atoms with van der Waals surface area (Å²) in [6, 6.07) is 19.8. The summed E-state index contributed by atoms with van der Waals surface area (Å²) in [5, 5.41) is 10.3. The third-order valence-corrected chi connectivity index (χ3v) is 5.04. The first-order valence-electron chi connectivity index (χ1n) is 8.89. The van der Waals surface area contributed by atoms with Crippen molar-refractivity contribution in [1.29, 1.82) is 0 Å². The second-order valence-corrected chi connectivity index (χ2v) is 7.28. The molecule has 6 heteroatoms. The molecule has 0 fully saturated rings. The van der Waals surface area contributed by atoms with E-state index in [2.05, 4.69) is 15.9 Å². The van der Waals surface area contributed by atoms with Gasteiger partial charge in [-0.25, -0.2) is 4.98 Å². The fourth-order valence-corrected chi connectivity index (χ4v) is 3.33. The van der Waals surface area contributed by atoms with Crippen LogP contribution in [0.15, 0.2) is 76.0 Å². The van der Waals surface area contributed by atoms with Gasteiger partial charge in [0.25, 0.3) is 5.56 Å². The first-order chi connectivity index (χ1) is 14.1. The molecule has 0 radical (unpaired) electrons. The second kappa shape index (κ2) is 7.93. The molecule has 4 aromatic rings. The van der Waals surface area contributed by atoms with Gasteiger partial charge in [0.2, 0.25) is 0 Å². The van der Waals surface area contributed by atoms with Crippen molar-refractivity contribution in [2.45, 2.75) is 0 Å². The lowest BCUT2D eigenvalue weighted by Gasteiger charge is -2.11. The maximum atomic E-state index is 13.2. The minimum Gasteiger partial charge on any atom is -0.504 e. The van der Waals surface area contributed by atoms with Gasteiger partial charge in [0.15, 0.2) is 11.5 Å². The highest BCUT2D eigenvalue weighted by Crippen LogP contribution is 2.27. The Kier molecular flexibility index (Phi) is 5.18. The van der Waals surface area contributed by atoms with Gasteiger partial charge in [-0.15, -0.1) is 0 Å². The number of phenols is 1. The molecule has 29 heavy (non-hydrogen) atoms. The number of benzene rings is 3. The van der Waals surface area contributed by atoms with Crippen LogP contribution in [0.5, 0.6) is 11.5 Å². The number of ether oxygens (including phenoxy) is 1. The van der Waals surface area contributed by atoms with E-state index >= 15 is 0 Å². The number of aromatic nitrogens is 2. The molecule has 0 atom stereocenters. The largest absolute Gasteiger partial charge is 0.504 e. The molecule has 0 amide bonds. The lowest BCUT2D eigenvalue weighted by atomic mass is 10.1. The van der Waals surface area contributed by atoms with E-state index in [9.17, 15) is 9.90 Å². The van der Waals surface area contributed by atoms with Crippen molar-refractivity contribution in [1.82, 2.24) is 9.55 Å². The molecule has 5 nitrogen and oxygen atoms in total. The molecule has 4 rings (SSSR count). The van der Waals surface area contributed by atoms with E-state index in [1.807, 2.05) is 48.5 Å². The second-order valence-electron chi connectivity index (χ2n) is 6.37. The number of nitrogens with zero attached hydrogens (tertiary/aromatic N) is 2. The molecule has 0 unspecified atom stereocenters. The molecule has 1 N–H and O–H groups in total. The Morgan fingerprint density at radius 2 is 1.79 bits per heavy atom. The van der Waals surface area contributed by atoms with Gasteiger partial charge in [-0.3, -0.25) is 9.36 Å². The first-order valence-corrected chi connectivity index (χ1v) is 9.69. The summed E-state index contributed by atoms with van der Waals surface area (Å²) in [4.78, 5) is 17.9. The van der Waals surface area contributed by atoms with Crippen molar-refractivity contribution in [2.24, 2.45) is 0 Å². The van der Waals surface area contributed by atoms with Gasteiger partial charge in [-0.05, 0) is 60.2 Å². The van der Waals surface area contributed by atoms with Gasteiger partial charge in [0.1, 0.15) is 5.82 Å². The maximum absolute atomic E-state index is 13.2. The van der Waals surface area contributed by atoms with Crippen LogP contribution < -0.4 is 10.3 Å². The normalized spacial score (nSPS) is 11.2. The predicted octanol–water partition coefficient (Wildman–Crippen LogP) is 5.03. The third-order valence-electron chi connectivity index (χ3n) is 4.52. The van der Waals surface area contributed by atoms with Crippen LogP contribution in [0.4, 0.5) is 0 Å². The van der Waals surface area contributed by atoms with Crippen LogP contribution in [0.2, 0.25) is 0 Å². The zero-order valence-corrected chi connectivity index (χ0v) is 17.1. The summed E-state index contributed by atoms with van der Waals surface area (Å²) in [7, 11) is 1.50. The van der Waals surface area contributed by atoms with Gasteiger partial charge >= 0.3 is 0 Å². The van der Waals surface area contributed by atoms with E-state index < -0.39 is 0 Å². The van der Waals surface area contributed by atoms with Crippen LogP contribution in [0.1, 0.15) is 11.4 Å². The van der Waals surface area contributed by atoms with E-state index in [0.717, 1.165) is 15.7 Å². The molecule has 0 spiro atoms. The number of halogens is 1. The van der Waals surface area contributed by atoms with E-state index in [-0.39, 0.29) is 11.3 Å². The summed E-state index contributed by atoms with van der Waals surface area (Å²) in [6.45, 7) is 0. The van der Waals surface area contributed by atoms with Crippen molar-refractivity contribution in [3.63, 3.8) is 0 Å². The summed E-state index contributed by atoms with van der Waals surface area (Å²) >= 11 is 3.43. The number of methoxy groups -OCH3 is 1. The molecule has 0 saturated carbocycles. The number of rotatable bonds is 4. The van der Waals surface area contributed by atoms with Crippen LogP contribution in [0.25, 0.3) is 28.7 Å². The molecule has 0 aliphatic rings. The van der Waals surface area contributed by atoms with Crippen LogP contribution in [-0.2, 0) is 0 Å². The van der Waals surface area contributed by atoms with Gasteiger partial charge in [-0.1, -0.05) is 40.2 Å². The Labute approximate surface area is 175 Å². The zero-order valence-electron chi connectivity index (χ0n) is 15.5. The molecule has 144 valence electrons. The van der Waals surface area contributed by atoms with E-state index in [1.165, 1.54) is 7.11 Å². The maximum Gasteiger partial charge on any atom is 0.266 e.